The van der Waals surface area contributed by atoms with Crippen LogP contribution in [-0.2, 0) is 0 Å². The molecule has 2 aliphatic carbocycles. The average Bonchev–Trinajstić information content (AvgIpc) is 2.85. The SMILES string of the molecule is C#CCCCCNCC1CC2C=CC1C2. The summed E-state index contributed by atoms with van der Waals surface area (Å²) < 4.78 is 0. The molecule has 1 fully saturated rings. The van der Waals surface area contributed by atoms with Gasteiger partial charge in [-0.05, 0) is 56.5 Å². The lowest BCUT2D eigenvalue weighted by atomic mass is 9.93. The van der Waals surface area contributed by atoms with Gasteiger partial charge in [-0.1, -0.05) is 12.2 Å². The molecule has 3 unspecified atom stereocenters. The van der Waals surface area contributed by atoms with Crippen LogP contribution in [0.4, 0.5) is 0 Å². The van der Waals surface area contributed by atoms with Gasteiger partial charge < -0.3 is 5.32 Å². The number of terminal acetylenes is 1. The van der Waals surface area contributed by atoms with Crippen LogP contribution in [0, 0.1) is 30.1 Å². The molecule has 0 heterocycles. The van der Waals surface area contributed by atoms with Gasteiger partial charge in [-0.2, -0.15) is 0 Å². The molecule has 15 heavy (non-hydrogen) atoms. The zero-order chi connectivity index (χ0) is 10.5. The maximum atomic E-state index is 5.21. The summed E-state index contributed by atoms with van der Waals surface area (Å²) in [6.45, 7) is 2.35. The lowest BCUT2D eigenvalue weighted by Gasteiger charge is -2.18. The number of rotatable bonds is 6. The third-order valence-electron chi connectivity index (χ3n) is 3.75. The standard InChI is InChI=1S/C14H21N/c1-2-3-4-5-8-15-11-14-10-12-6-7-13(14)9-12/h1,6-7,12-15H,3-5,8-11H2. The molecule has 2 bridgehead atoms. The highest BCUT2D eigenvalue weighted by Crippen LogP contribution is 2.42. The molecule has 0 aromatic heterocycles. The van der Waals surface area contributed by atoms with E-state index in [0.717, 1.165) is 30.7 Å². The molecule has 0 saturated heterocycles. The second kappa shape index (κ2) is 5.37. The van der Waals surface area contributed by atoms with Gasteiger partial charge in [-0.3, -0.25) is 0 Å². The highest BCUT2D eigenvalue weighted by Gasteiger charge is 2.34. The third kappa shape index (κ3) is 2.86. The van der Waals surface area contributed by atoms with Crippen molar-refractivity contribution in [1.29, 1.82) is 0 Å². The molecule has 1 heteroatoms. The monoisotopic (exact) mass is 203 g/mol. The van der Waals surface area contributed by atoms with Gasteiger partial charge in [-0.25, -0.2) is 0 Å². The fourth-order valence-corrected chi connectivity index (χ4v) is 2.89. The minimum absolute atomic E-state index is 0.883. The quantitative estimate of drug-likeness (QED) is 0.397. The van der Waals surface area contributed by atoms with E-state index in [1.54, 1.807) is 0 Å². The molecule has 1 saturated carbocycles. The Morgan fingerprint density at radius 3 is 2.87 bits per heavy atom. The van der Waals surface area contributed by atoms with E-state index in [1.807, 2.05) is 0 Å². The van der Waals surface area contributed by atoms with Crippen LogP contribution in [0.25, 0.3) is 0 Å². The smallest absolute Gasteiger partial charge is 0.00865 e. The number of hydrogen-bond donors (Lipinski definition) is 1. The summed E-state index contributed by atoms with van der Waals surface area (Å²) in [6.07, 6.45) is 16.2. The van der Waals surface area contributed by atoms with E-state index in [0.29, 0.717) is 0 Å². The van der Waals surface area contributed by atoms with Gasteiger partial charge in [0.05, 0.1) is 0 Å². The third-order valence-corrected chi connectivity index (χ3v) is 3.75. The molecular weight excluding hydrogens is 182 g/mol. The molecule has 0 spiro atoms. The van der Waals surface area contributed by atoms with Crippen LogP contribution in [0.2, 0.25) is 0 Å². The molecule has 0 amide bonds. The van der Waals surface area contributed by atoms with E-state index in [4.69, 9.17) is 6.42 Å². The van der Waals surface area contributed by atoms with Crippen LogP contribution in [0.3, 0.4) is 0 Å². The maximum absolute atomic E-state index is 5.21. The van der Waals surface area contributed by atoms with E-state index in [-0.39, 0.29) is 0 Å². The van der Waals surface area contributed by atoms with E-state index in [1.165, 1.54) is 32.2 Å². The Morgan fingerprint density at radius 1 is 1.27 bits per heavy atom. The van der Waals surface area contributed by atoms with Gasteiger partial charge in [0.1, 0.15) is 0 Å². The van der Waals surface area contributed by atoms with Gasteiger partial charge in [0.2, 0.25) is 0 Å². The second-order valence-corrected chi connectivity index (χ2v) is 4.91. The lowest BCUT2D eigenvalue weighted by Crippen LogP contribution is -2.26. The fourth-order valence-electron chi connectivity index (χ4n) is 2.89. The van der Waals surface area contributed by atoms with Crippen molar-refractivity contribution in [3.05, 3.63) is 12.2 Å². The van der Waals surface area contributed by atoms with E-state index < -0.39 is 0 Å². The predicted octanol–water partition coefficient (Wildman–Crippen LogP) is 2.59. The van der Waals surface area contributed by atoms with Crippen molar-refractivity contribution in [2.45, 2.75) is 32.1 Å². The average molecular weight is 203 g/mol. The van der Waals surface area contributed by atoms with Crippen LogP contribution in [0.1, 0.15) is 32.1 Å². The molecule has 0 aliphatic heterocycles. The van der Waals surface area contributed by atoms with Crippen molar-refractivity contribution in [3.8, 4) is 12.3 Å². The summed E-state index contributed by atoms with van der Waals surface area (Å²) in [5.74, 6) is 5.38. The molecule has 0 radical (unpaired) electrons. The summed E-state index contributed by atoms with van der Waals surface area (Å²) in [5, 5.41) is 3.57. The van der Waals surface area contributed by atoms with Gasteiger partial charge in [-0.15, -0.1) is 12.3 Å². The zero-order valence-corrected chi connectivity index (χ0v) is 9.41. The van der Waals surface area contributed by atoms with E-state index in [2.05, 4.69) is 23.4 Å². The summed E-state index contributed by atoms with van der Waals surface area (Å²) in [4.78, 5) is 0. The highest BCUT2D eigenvalue weighted by molar-refractivity contribution is 5.10. The van der Waals surface area contributed by atoms with E-state index >= 15 is 0 Å². The second-order valence-electron chi connectivity index (χ2n) is 4.91. The predicted molar refractivity (Wildman–Crippen MR) is 64.4 cm³/mol. The van der Waals surface area contributed by atoms with Crippen LogP contribution >= 0.6 is 0 Å². The normalized spacial score (nSPS) is 32.1. The summed E-state index contributed by atoms with van der Waals surface area (Å²) in [5.41, 5.74) is 0. The van der Waals surface area contributed by atoms with Gasteiger partial charge >= 0.3 is 0 Å². The maximum Gasteiger partial charge on any atom is 0.00865 e. The summed E-state index contributed by atoms with van der Waals surface area (Å²) in [6, 6.07) is 0. The molecule has 82 valence electrons. The van der Waals surface area contributed by atoms with Crippen molar-refractivity contribution in [2.24, 2.45) is 17.8 Å². The molecule has 0 aromatic carbocycles. The van der Waals surface area contributed by atoms with Gasteiger partial charge in [0.25, 0.3) is 0 Å². The Bertz CT molecular complexity index is 261. The first-order valence-electron chi connectivity index (χ1n) is 6.22. The van der Waals surface area contributed by atoms with Crippen LogP contribution in [-0.4, -0.2) is 13.1 Å². The largest absolute Gasteiger partial charge is 0.316 e. The molecule has 2 aliphatic rings. The fraction of sp³-hybridized carbons (Fsp3) is 0.714. The van der Waals surface area contributed by atoms with Crippen molar-refractivity contribution in [2.75, 3.05) is 13.1 Å². The first kappa shape index (κ1) is 10.8. The Balaban J connectivity index is 1.52. The summed E-state index contributed by atoms with van der Waals surface area (Å²) >= 11 is 0. The van der Waals surface area contributed by atoms with Crippen LogP contribution in [0.5, 0.6) is 0 Å². The minimum atomic E-state index is 0.883. The highest BCUT2D eigenvalue weighted by atomic mass is 14.9. The van der Waals surface area contributed by atoms with Gasteiger partial charge in [0, 0.05) is 6.42 Å². The topological polar surface area (TPSA) is 12.0 Å². The van der Waals surface area contributed by atoms with Crippen molar-refractivity contribution < 1.29 is 0 Å². The van der Waals surface area contributed by atoms with Crippen molar-refractivity contribution in [3.63, 3.8) is 0 Å². The lowest BCUT2D eigenvalue weighted by molar-refractivity contribution is 0.412. The molecule has 2 rings (SSSR count). The molecule has 1 nitrogen and oxygen atoms in total. The van der Waals surface area contributed by atoms with Gasteiger partial charge in [0.15, 0.2) is 0 Å². The first-order chi connectivity index (χ1) is 7.40. The van der Waals surface area contributed by atoms with Crippen molar-refractivity contribution >= 4 is 0 Å². The number of nitrogens with one attached hydrogen (secondary N) is 1. The van der Waals surface area contributed by atoms with Crippen LogP contribution in [0.15, 0.2) is 12.2 Å². The number of fused-ring (bicyclic) bond motifs is 2. The molecule has 1 N–H and O–H groups in total. The molecule has 3 atom stereocenters. The number of allylic oxidation sites excluding steroid dienone is 2. The number of unbranched alkanes of at least 4 members (excludes halogenated alkanes) is 2. The Morgan fingerprint density at radius 2 is 2.20 bits per heavy atom. The molecule has 0 aromatic rings. The Labute approximate surface area is 93.3 Å². The minimum Gasteiger partial charge on any atom is -0.316 e. The number of hydrogen-bond acceptors (Lipinski definition) is 1. The zero-order valence-electron chi connectivity index (χ0n) is 9.41. The van der Waals surface area contributed by atoms with Crippen LogP contribution < -0.4 is 5.32 Å². The molecular formula is C14H21N. The van der Waals surface area contributed by atoms with E-state index in [9.17, 15) is 0 Å². The summed E-state index contributed by atoms with van der Waals surface area (Å²) in [7, 11) is 0. The Hall–Kier alpha value is -0.740. The Kier molecular flexibility index (Phi) is 3.86. The first-order valence-corrected chi connectivity index (χ1v) is 6.22. The van der Waals surface area contributed by atoms with Crippen molar-refractivity contribution in [1.82, 2.24) is 5.32 Å².